The highest BCUT2D eigenvalue weighted by Gasteiger charge is 2.44. The first-order valence-corrected chi connectivity index (χ1v) is 8.49. The Bertz CT molecular complexity index is 695. The highest BCUT2D eigenvalue weighted by molar-refractivity contribution is 7.62. The normalized spacial score (nSPS) is 23.0. The van der Waals surface area contributed by atoms with Gasteiger partial charge >= 0.3 is 19.5 Å². The Morgan fingerprint density at radius 1 is 1.43 bits per heavy atom. The number of aliphatic carboxylic acids is 1. The van der Waals surface area contributed by atoms with Gasteiger partial charge in [0.2, 0.25) is 0 Å². The zero-order valence-corrected chi connectivity index (χ0v) is 13.6. The van der Waals surface area contributed by atoms with E-state index in [1.54, 1.807) is 25.1 Å². The minimum absolute atomic E-state index is 0.105. The lowest BCUT2D eigenvalue weighted by Gasteiger charge is -2.14. The number of carbonyl (C=O) groups is 2. The first kappa shape index (κ1) is 17.4. The van der Waals surface area contributed by atoms with Crippen LogP contribution in [-0.2, 0) is 27.9 Å². The van der Waals surface area contributed by atoms with Crippen molar-refractivity contribution >= 4 is 30.9 Å². The second-order valence-corrected chi connectivity index (χ2v) is 6.66. The van der Waals surface area contributed by atoms with Gasteiger partial charge in [-0.2, -0.15) is 0 Å². The van der Waals surface area contributed by atoms with E-state index in [4.69, 9.17) is 14.2 Å². The Balaban J connectivity index is 2.51. The number of hydrogen-bond acceptors (Lipinski definition) is 6. The van der Waals surface area contributed by atoms with Crippen molar-refractivity contribution < 1.29 is 33.0 Å². The van der Waals surface area contributed by atoms with Crippen LogP contribution in [0.1, 0.15) is 30.6 Å². The van der Waals surface area contributed by atoms with Gasteiger partial charge in [0, 0.05) is 6.08 Å². The molecule has 0 fully saturated rings. The monoisotopic (exact) mass is 340 g/mol. The van der Waals surface area contributed by atoms with Gasteiger partial charge in [0.1, 0.15) is 6.10 Å². The minimum atomic E-state index is -3.63. The topological polar surface area (TPSA) is 99.1 Å². The molecule has 23 heavy (non-hydrogen) atoms. The van der Waals surface area contributed by atoms with Crippen LogP contribution >= 0.6 is 7.60 Å². The lowest BCUT2D eigenvalue weighted by Crippen LogP contribution is -2.12. The Labute approximate surface area is 133 Å². The molecule has 0 bridgehead atoms. The average Bonchev–Trinajstić information content (AvgIpc) is 2.78. The molecule has 2 unspecified atom stereocenters. The molecule has 2 atom stereocenters. The van der Waals surface area contributed by atoms with Crippen molar-refractivity contribution in [2.75, 3.05) is 13.7 Å². The fourth-order valence-corrected chi connectivity index (χ4v) is 4.53. The van der Waals surface area contributed by atoms with Crippen LogP contribution in [0.5, 0.6) is 0 Å². The Morgan fingerprint density at radius 3 is 2.78 bits per heavy atom. The van der Waals surface area contributed by atoms with E-state index in [9.17, 15) is 14.2 Å². The molecule has 0 amide bonds. The lowest BCUT2D eigenvalue weighted by molar-refractivity contribution is -0.142. The van der Waals surface area contributed by atoms with Gasteiger partial charge in [-0.25, -0.2) is 4.79 Å². The highest BCUT2D eigenvalue weighted by atomic mass is 31.2. The summed E-state index contributed by atoms with van der Waals surface area (Å²) in [7, 11) is -2.38. The minimum Gasteiger partial charge on any atom is -0.478 e. The summed E-state index contributed by atoms with van der Waals surface area (Å²) in [5, 5.41) is 9.08. The number of carboxylic acid groups (broad SMARTS) is 1. The largest absolute Gasteiger partial charge is 0.478 e. The van der Waals surface area contributed by atoms with E-state index in [1.165, 1.54) is 13.2 Å². The van der Waals surface area contributed by atoms with Crippen molar-refractivity contribution in [1.29, 1.82) is 0 Å². The molecule has 1 aliphatic heterocycles. The van der Waals surface area contributed by atoms with Crippen LogP contribution in [0.25, 0.3) is 6.08 Å². The Kier molecular flexibility index (Phi) is 5.36. The van der Waals surface area contributed by atoms with Gasteiger partial charge in [-0.05, 0) is 24.1 Å². The number of methoxy groups -OCH3 is 1. The van der Waals surface area contributed by atoms with E-state index >= 15 is 0 Å². The number of esters is 1. The predicted molar refractivity (Wildman–Crippen MR) is 82.4 cm³/mol. The molecule has 124 valence electrons. The standard InChI is InChI=1S/C15H17O7P/c1-3-21-23(19)15-10(7-8-13(16)17)5-4-6-11(15)12(22-23)9-14(18)20-2/h4-8,12H,3,9H2,1-2H3,(H,16,17). The maximum absolute atomic E-state index is 13.0. The van der Waals surface area contributed by atoms with E-state index in [2.05, 4.69) is 4.74 Å². The second-order valence-electron chi connectivity index (χ2n) is 4.75. The summed E-state index contributed by atoms with van der Waals surface area (Å²) in [6, 6.07) is 4.98. The third-order valence-corrected chi connectivity index (χ3v) is 5.46. The molecule has 2 rings (SSSR count). The molecule has 7 nitrogen and oxygen atoms in total. The van der Waals surface area contributed by atoms with Crippen LogP contribution in [0, 0.1) is 0 Å². The van der Waals surface area contributed by atoms with Crippen molar-refractivity contribution in [1.82, 2.24) is 0 Å². The van der Waals surface area contributed by atoms with Gasteiger partial charge in [-0.3, -0.25) is 13.9 Å². The third kappa shape index (κ3) is 3.69. The number of benzene rings is 1. The van der Waals surface area contributed by atoms with Crippen LogP contribution in [0.3, 0.4) is 0 Å². The summed E-state index contributed by atoms with van der Waals surface area (Å²) in [4.78, 5) is 22.3. The summed E-state index contributed by atoms with van der Waals surface area (Å²) in [5.41, 5.74) is 0.966. The fraction of sp³-hybridized carbons (Fsp3) is 0.333. The molecule has 1 heterocycles. The van der Waals surface area contributed by atoms with Gasteiger partial charge in [-0.15, -0.1) is 0 Å². The van der Waals surface area contributed by atoms with Crippen LogP contribution in [0.4, 0.5) is 0 Å². The van der Waals surface area contributed by atoms with Crippen molar-refractivity contribution in [2.24, 2.45) is 0 Å². The molecule has 1 aromatic rings. The summed E-state index contributed by atoms with van der Waals surface area (Å²) in [6.45, 7) is 1.82. The Hall–Kier alpha value is -1.95. The number of hydrogen-bond donors (Lipinski definition) is 1. The van der Waals surface area contributed by atoms with Gasteiger partial charge in [0.15, 0.2) is 0 Å². The van der Waals surface area contributed by atoms with E-state index in [-0.39, 0.29) is 13.0 Å². The molecule has 1 N–H and O–H groups in total. The molecule has 0 aromatic heterocycles. The van der Waals surface area contributed by atoms with Crippen LogP contribution in [-0.4, -0.2) is 30.8 Å². The third-order valence-electron chi connectivity index (χ3n) is 3.27. The van der Waals surface area contributed by atoms with E-state index in [0.717, 1.165) is 6.08 Å². The maximum Gasteiger partial charge on any atom is 0.362 e. The smallest absolute Gasteiger partial charge is 0.362 e. The van der Waals surface area contributed by atoms with Crippen LogP contribution < -0.4 is 5.30 Å². The number of carboxylic acids is 1. The lowest BCUT2D eigenvalue weighted by atomic mass is 10.0. The van der Waals surface area contributed by atoms with Crippen LogP contribution in [0.15, 0.2) is 24.3 Å². The predicted octanol–water partition coefficient (Wildman–Crippen LogP) is 2.27. The Morgan fingerprint density at radius 2 is 2.17 bits per heavy atom. The molecule has 1 aliphatic rings. The van der Waals surface area contributed by atoms with Crippen molar-refractivity contribution in [2.45, 2.75) is 19.4 Å². The number of rotatable bonds is 6. The number of carbonyl (C=O) groups excluding carboxylic acids is 1. The van der Waals surface area contributed by atoms with E-state index < -0.39 is 25.6 Å². The molecule has 0 saturated heterocycles. The fourth-order valence-electron chi connectivity index (χ4n) is 2.38. The SMILES string of the molecule is CCOP1(=O)OC(CC(=O)OC)c2cccc(C=CC(=O)O)c21. The van der Waals surface area contributed by atoms with E-state index in [0.29, 0.717) is 16.4 Å². The zero-order valence-electron chi connectivity index (χ0n) is 12.7. The van der Waals surface area contributed by atoms with E-state index in [1.807, 2.05) is 0 Å². The molecule has 8 heteroatoms. The number of ether oxygens (including phenoxy) is 1. The first-order valence-electron chi connectivity index (χ1n) is 6.95. The maximum atomic E-state index is 13.0. The first-order chi connectivity index (χ1) is 10.9. The molecular formula is C15H17O7P. The molecule has 0 aliphatic carbocycles. The van der Waals surface area contributed by atoms with Gasteiger partial charge < -0.3 is 14.4 Å². The molecule has 0 spiro atoms. The van der Waals surface area contributed by atoms with Gasteiger partial charge in [0.25, 0.3) is 0 Å². The second kappa shape index (κ2) is 7.08. The highest BCUT2D eigenvalue weighted by Crippen LogP contribution is 2.59. The summed E-state index contributed by atoms with van der Waals surface area (Å²) < 4.78 is 28.5. The number of fused-ring (bicyclic) bond motifs is 1. The van der Waals surface area contributed by atoms with Crippen molar-refractivity contribution in [3.8, 4) is 0 Å². The zero-order chi connectivity index (χ0) is 17.0. The average molecular weight is 340 g/mol. The van der Waals surface area contributed by atoms with Crippen molar-refractivity contribution in [3.63, 3.8) is 0 Å². The summed E-state index contributed by atoms with van der Waals surface area (Å²) in [6.07, 6.45) is 1.41. The molecular weight excluding hydrogens is 323 g/mol. The van der Waals surface area contributed by atoms with Gasteiger partial charge in [0.05, 0.1) is 25.4 Å². The molecule has 0 radical (unpaired) electrons. The molecule has 0 saturated carbocycles. The summed E-state index contributed by atoms with van der Waals surface area (Å²) >= 11 is 0. The van der Waals surface area contributed by atoms with Crippen LogP contribution in [0.2, 0.25) is 0 Å². The summed E-state index contributed by atoms with van der Waals surface area (Å²) in [5.74, 6) is -1.63. The van der Waals surface area contributed by atoms with Gasteiger partial charge in [-0.1, -0.05) is 18.2 Å². The molecule has 1 aromatic carbocycles. The van der Waals surface area contributed by atoms with Crippen molar-refractivity contribution in [3.05, 3.63) is 35.4 Å². The quantitative estimate of drug-likeness (QED) is 0.482.